The number of carbonyl (C=O) groups is 2. The monoisotopic (exact) mass is 258 g/mol. The molecule has 1 aliphatic rings. The smallest absolute Gasteiger partial charge is 0.317 e. The van der Waals surface area contributed by atoms with Crippen LogP contribution in [-0.4, -0.2) is 54.9 Å². The Labute approximate surface area is 107 Å². The average Bonchev–Trinajstić information content (AvgIpc) is 2.81. The minimum absolute atomic E-state index is 0.113. The van der Waals surface area contributed by atoms with E-state index in [9.17, 15) is 9.59 Å². The highest BCUT2D eigenvalue weighted by Gasteiger charge is 2.21. The summed E-state index contributed by atoms with van der Waals surface area (Å²) in [6.45, 7) is 3.27. The summed E-state index contributed by atoms with van der Waals surface area (Å²) in [6.07, 6.45) is 2.63. The number of urea groups is 1. The first-order chi connectivity index (χ1) is 8.54. The molecule has 18 heavy (non-hydrogen) atoms. The van der Waals surface area contributed by atoms with Crippen molar-refractivity contribution in [2.45, 2.75) is 32.3 Å². The van der Waals surface area contributed by atoms with Crippen molar-refractivity contribution in [1.29, 1.82) is 0 Å². The summed E-state index contributed by atoms with van der Waals surface area (Å²) in [7, 11) is 1.69. The van der Waals surface area contributed by atoms with Crippen LogP contribution >= 0.6 is 0 Å². The van der Waals surface area contributed by atoms with Crippen molar-refractivity contribution >= 4 is 12.0 Å². The molecular weight excluding hydrogens is 236 g/mol. The molecule has 1 rings (SSSR count). The number of ether oxygens (including phenoxy) is 1. The van der Waals surface area contributed by atoms with Crippen LogP contribution in [0.25, 0.3) is 0 Å². The molecule has 1 aliphatic heterocycles. The van der Waals surface area contributed by atoms with Gasteiger partial charge >= 0.3 is 12.0 Å². The first kappa shape index (κ1) is 14.8. The molecule has 1 saturated heterocycles. The topological polar surface area (TPSA) is 78.9 Å². The minimum atomic E-state index is -0.875. The van der Waals surface area contributed by atoms with Crippen molar-refractivity contribution in [3.05, 3.63) is 0 Å². The molecule has 0 aromatic rings. The summed E-state index contributed by atoms with van der Waals surface area (Å²) in [5.41, 5.74) is 0. The van der Waals surface area contributed by atoms with E-state index in [2.05, 4.69) is 5.32 Å². The Hall–Kier alpha value is -1.30. The lowest BCUT2D eigenvalue weighted by Gasteiger charge is -2.22. The van der Waals surface area contributed by atoms with Crippen LogP contribution in [-0.2, 0) is 9.53 Å². The summed E-state index contributed by atoms with van der Waals surface area (Å²) in [6, 6.07) is -0.245. The zero-order valence-electron chi connectivity index (χ0n) is 11.0. The second kappa shape index (κ2) is 7.20. The Morgan fingerprint density at radius 2 is 2.28 bits per heavy atom. The normalized spacial score (nSPS) is 20.4. The summed E-state index contributed by atoms with van der Waals surface area (Å²) >= 11 is 0. The maximum absolute atomic E-state index is 11.7. The largest absolute Gasteiger partial charge is 0.481 e. The summed E-state index contributed by atoms with van der Waals surface area (Å²) in [5.74, 6) is -1.40. The first-order valence-corrected chi connectivity index (χ1v) is 6.38. The highest BCUT2D eigenvalue weighted by molar-refractivity contribution is 5.75. The van der Waals surface area contributed by atoms with Gasteiger partial charge in [0.25, 0.3) is 0 Å². The Morgan fingerprint density at radius 1 is 1.56 bits per heavy atom. The third-order valence-electron chi connectivity index (χ3n) is 3.19. The molecule has 2 N–H and O–H groups in total. The van der Waals surface area contributed by atoms with E-state index in [4.69, 9.17) is 9.84 Å². The number of rotatable bonds is 6. The van der Waals surface area contributed by atoms with Crippen molar-refractivity contribution in [2.24, 2.45) is 5.92 Å². The Balaban J connectivity index is 2.28. The zero-order valence-corrected chi connectivity index (χ0v) is 11.0. The Morgan fingerprint density at radius 3 is 2.78 bits per heavy atom. The van der Waals surface area contributed by atoms with Gasteiger partial charge in [-0.2, -0.15) is 0 Å². The van der Waals surface area contributed by atoms with Crippen molar-refractivity contribution in [2.75, 3.05) is 26.7 Å². The predicted molar refractivity (Wildman–Crippen MR) is 66.4 cm³/mol. The van der Waals surface area contributed by atoms with Crippen molar-refractivity contribution in [3.8, 4) is 0 Å². The fourth-order valence-corrected chi connectivity index (χ4v) is 1.93. The van der Waals surface area contributed by atoms with Crippen molar-refractivity contribution in [1.82, 2.24) is 10.2 Å². The van der Waals surface area contributed by atoms with Crippen LogP contribution in [0, 0.1) is 5.92 Å². The third-order valence-corrected chi connectivity index (χ3v) is 3.19. The number of nitrogens with zero attached hydrogens (tertiary/aromatic N) is 1. The standard InChI is InChI=1S/C12H22N2O4/c1-3-9(11(15)16)7-13-12(17)14(2)8-10-5-4-6-18-10/h9-10H,3-8H2,1-2H3,(H,13,17)(H,15,16). The maximum atomic E-state index is 11.7. The molecule has 0 aromatic heterocycles. The molecule has 0 radical (unpaired) electrons. The first-order valence-electron chi connectivity index (χ1n) is 6.38. The van der Waals surface area contributed by atoms with E-state index in [0.29, 0.717) is 13.0 Å². The minimum Gasteiger partial charge on any atom is -0.481 e. The van der Waals surface area contributed by atoms with E-state index in [1.54, 1.807) is 18.9 Å². The van der Waals surface area contributed by atoms with Gasteiger partial charge in [-0.25, -0.2) is 4.79 Å². The molecule has 104 valence electrons. The number of nitrogens with one attached hydrogen (secondary N) is 1. The molecule has 0 aliphatic carbocycles. The van der Waals surface area contributed by atoms with E-state index in [0.717, 1.165) is 19.4 Å². The fourth-order valence-electron chi connectivity index (χ4n) is 1.93. The summed E-state index contributed by atoms with van der Waals surface area (Å²) in [5, 5.41) is 11.5. The third kappa shape index (κ3) is 4.52. The quantitative estimate of drug-likeness (QED) is 0.742. The lowest BCUT2D eigenvalue weighted by Crippen LogP contribution is -2.43. The molecule has 1 heterocycles. The number of amides is 2. The molecule has 6 nitrogen and oxygen atoms in total. The van der Waals surface area contributed by atoms with Crippen LogP contribution < -0.4 is 5.32 Å². The van der Waals surface area contributed by atoms with Crippen LogP contribution in [0.3, 0.4) is 0 Å². The van der Waals surface area contributed by atoms with E-state index < -0.39 is 11.9 Å². The van der Waals surface area contributed by atoms with Gasteiger partial charge in [0.15, 0.2) is 0 Å². The summed E-state index contributed by atoms with van der Waals surface area (Å²) in [4.78, 5) is 24.1. The van der Waals surface area contributed by atoms with Gasteiger partial charge in [-0.1, -0.05) is 6.92 Å². The number of carboxylic acid groups (broad SMARTS) is 1. The molecule has 0 aromatic carbocycles. The van der Waals surface area contributed by atoms with Crippen LogP contribution in [0.5, 0.6) is 0 Å². The molecule has 2 amide bonds. The lowest BCUT2D eigenvalue weighted by atomic mass is 10.1. The van der Waals surface area contributed by atoms with Gasteiger partial charge in [-0.3, -0.25) is 4.79 Å². The SMILES string of the molecule is CCC(CNC(=O)N(C)CC1CCCO1)C(=O)O. The molecule has 0 bridgehead atoms. The average molecular weight is 258 g/mol. The highest BCUT2D eigenvalue weighted by Crippen LogP contribution is 2.12. The molecule has 0 saturated carbocycles. The lowest BCUT2D eigenvalue weighted by molar-refractivity contribution is -0.141. The van der Waals surface area contributed by atoms with Gasteiger partial charge in [0, 0.05) is 26.7 Å². The predicted octanol–water partition coefficient (Wildman–Crippen LogP) is 0.918. The fraction of sp³-hybridized carbons (Fsp3) is 0.833. The van der Waals surface area contributed by atoms with Gasteiger partial charge in [-0.15, -0.1) is 0 Å². The molecule has 0 spiro atoms. The summed E-state index contributed by atoms with van der Waals surface area (Å²) < 4.78 is 5.44. The van der Waals surface area contributed by atoms with Crippen LogP contribution in [0.1, 0.15) is 26.2 Å². The van der Waals surface area contributed by atoms with E-state index in [-0.39, 0.29) is 18.7 Å². The van der Waals surface area contributed by atoms with Crippen molar-refractivity contribution < 1.29 is 19.4 Å². The molecular formula is C12H22N2O4. The molecule has 1 fully saturated rings. The van der Waals surface area contributed by atoms with Gasteiger partial charge in [0.1, 0.15) is 0 Å². The van der Waals surface area contributed by atoms with Gasteiger partial charge in [0.05, 0.1) is 12.0 Å². The Kier molecular flexibility index (Phi) is 5.91. The van der Waals surface area contributed by atoms with Crippen LogP contribution in [0.4, 0.5) is 4.79 Å². The number of aliphatic carboxylic acids is 1. The van der Waals surface area contributed by atoms with Gasteiger partial charge in [-0.05, 0) is 19.3 Å². The van der Waals surface area contributed by atoms with E-state index in [1.807, 2.05) is 0 Å². The second-order valence-corrected chi connectivity index (χ2v) is 4.65. The number of likely N-dealkylation sites (N-methyl/N-ethyl adjacent to an activating group) is 1. The number of carbonyl (C=O) groups excluding carboxylic acids is 1. The molecule has 2 atom stereocenters. The Bertz CT molecular complexity index is 290. The molecule has 2 unspecified atom stereocenters. The van der Waals surface area contributed by atoms with Crippen LogP contribution in [0.15, 0.2) is 0 Å². The maximum Gasteiger partial charge on any atom is 0.317 e. The molecule has 6 heteroatoms. The van der Waals surface area contributed by atoms with Crippen molar-refractivity contribution in [3.63, 3.8) is 0 Å². The number of carboxylic acids is 1. The zero-order chi connectivity index (χ0) is 13.5. The second-order valence-electron chi connectivity index (χ2n) is 4.65. The number of hydrogen-bond acceptors (Lipinski definition) is 3. The van der Waals surface area contributed by atoms with Crippen LogP contribution in [0.2, 0.25) is 0 Å². The number of hydrogen-bond donors (Lipinski definition) is 2. The van der Waals surface area contributed by atoms with Gasteiger partial charge < -0.3 is 20.1 Å². The van der Waals surface area contributed by atoms with E-state index in [1.165, 1.54) is 0 Å². The van der Waals surface area contributed by atoms with Gasteiger partial charge in [0.2, 0.25) is 0 Å². The van der Waals surface area contributed by atoms with E-state index >= 15 is 0 Å². The highest BCUT2D eigenvalue weighted by atomic mass is 16.5.